The van der Waals surface area contributed by atoms with Gasteiger partial charge in [-0.25, -0.2) is 13.1 Å². The second-order valence-electron chi connectivity index (χ2n) is 7.99. The van der Waals surface area contributed by atoms with E-state index in [1.54, 1.807) is 37.3 Å². The van der Waals surface area contributed by atoms with Gasteiger partial charge in [0.05, 0.1) is 4.90 Å². The van der Waals surface area contributed by atoms with Crippen LogP contribution in [0, 0.1) is 0 Å². The molecule has 10 heteroatoms. The molecule has 1 fully saturated rings. The molecule has 1 atom stereocenters. The predicted octanol–water partition coefficient (Wildman–Crippen LogP) is 4.18. The van der Waals surface area contributed by atoms with E-state index in [4.69, 9.17) is 27.9 Å². The lowest BCUT2D eigenvalue weighted by Gasteiger charge is -2.40. The molecule has 1 saturated heterocycles. The van der Waals surface area contributed by atoms with Crippen LogP contribution in [0.1, 0.15) is 31.7 Å². The van der Waals surface area contributed by atoms with E-state index < -0.39 is 21.5 Å². The van der Waals surface area contributed by atoms with Gasteiger partial charge in [-0.05, 0) is 80.9 Å². The Morgan fingerprint density at radius 3 is 2.25 bits per heavy atom. The van der Waals surface area contributed by atoms with Gasteiger partial charge in [-0.15, -0.1) is 0 Å². The molecule has 2 aromatic rings. The number of carbonyl (C=O) groups is 1. The van der Waals surface area contributed by atoms with E-state index in [0.29, 0.717) is 28.9 Å². The Balaban J connectivity index is 1.64. The number of aliphatic carboxylic acids is 1. The Kier molecular flexibility index (Phi) is 8.06. The molecule has 2 N–H and O–H groups in total. The van der Waals surface area contributed by atoms with Gasteiger partial charge in [0.25, 0.3) is 0 Å². The van der Waals surface area contributed by atoms with Crippen molar-refractivity contribution in [3.05, 3.63) is 58.1 Å². The van der Waals surface area contributed by atoms with Gasteiger partial charge in [0, 0.05) is 16.6 Å². The molecule has 1 heterocycles. The summed E-state index contributed by atoms with van der Waals surface area (Å²) in [5.74, 6) is -0.573. The maximum absolute atomic E-state index is 12.8. The van der Waals surface area contributed by atoms with Crippen LogP contribution in [0.25, 0.3) is 0 Å². The van der Waals surface area contributed by atoms with Crippen molar-refractivity contribution in [1.29, 1.82) is 0 Å². The quantitative estimate of drug-likeness (QED) is 0.535. The summed E-state index contributed by atoms with van der Waals surface area (Å²) in [4.78, 5) is 13.8. The van der Waals surface area contributed by atoms with Crippen LogP contribution in [-0.4, -0.2) is 49.6 Å². The smallest absolute Gasteiger partial charge is 0.325 e. The van der Waals surface area contributed by atoms with E-state index in [0.717, 1.165) is 24.8 Å². The van der Waals surface area contributed by atoms with Crippen molar-refractivity contribution in [2.75, 3.05) is 19.6 Å². The molecule has 2 aromatic carbocycles. The number of carboxylic acids is 1. The summed E-state index contributed by atoms with van der Waals surface area (Å²) in [6, 6.07) is 11.0. The van der Waals surface area contributed by atoms with Gasteiger partial charge < -0.3 is 9.84 Å². The average Bonchev–Trinajstić information content (AvgIpc) is 2.76. The van der Waals surface area contributed by atoms with E-state index in [-0.39, 0.29) is 18.0 Å². The largest absolute Gasteiger partial charge is 0.489 e. The minimum atomic E-state index is -3.89. The third kappa shape index (κ3) is 6.14. The van der Waals surface area contributed by atoms with E-state index in [1.165, 1.54) is 12.1 Å². The number of piperidine rings is 1. The summed E-state index contributed by atoms with van der Waals surface area (Å²) < 4.78 is 33.7. The van der Waals surface area contributed by atoms with Crippen molar-refractivity contribution < 1.29 is 23.1 Å². The molecule has 0 spiro atoms. The van der Waals surface area contributed by atoms with Gasteiger partial charge in [0.1, 0.15) is 17.9 Å². The summed E-state index contributed by atoms with van der Waals surface area (Å²) in [6.45, 7) is 2.82. The van der Waals surface area contributed by atoms with Crippen LogP contribution in [0.5, 0.6) is 5.75 Å². The topological polar surface area (TPSA) is 95.9 Å². The molecule has 0 radical (unpaired) electrons. The first-order valence-corrected chi connectivity index (χ1v) is 12.5. The van der Waals surface area contributed by atoms with Crippen LogP contribution < -0.4 is 9.46 Å². The summed E-state index contributed by atoms with van der Waals surface area (Å²) in [6.07, 6.45) is 2.85. The van der Waals surface area contributed by atoms with Gasteiger partial charge in [-0.2, -0.15) is 0 Å². The summed E-state index contributed by atoms with van der Waals surface area (Å²) in [5.41, 5.74) is -0.527. The lowest BCUT2D eigenvalue weighted by atomic mass is 9.97. The first kappa shape index (κ1) is 24.8. The maximum atomic E-state index is 12.8. The van der Waals surface area contributed by atoms with Crippen LogP contribution in [-0.2, 0) is 21.4 Å². The summed E-state index contributed by atoms with van der Waals surface area (Å²) in [7, 11) is -3.89. The Bertz CT molecular complexity index is 1040. The van der Waals surface area contributed by atoms with Gasteiger partial charge in [0.15, 0.2) is 0 Å². The molecule has 0 unspecified atom stereocenters. The molecule has 0 amide bonds. The van der Waals surface area contributed by atoms with Gasteiger partial charge in [-0.3, -0.25) is 9.69 Å². The van der Waals surface area contributed by atoms with Crippen LogP contribution in [0.4, 0.5) is 0 Å². The molecule has 0 bridgehead atoms. The first-order valence-electron chi connectivity index (χ1n) is 10.3. The Labute approximate surface area is 198 Å². The summed E-state index contributed by atoms with van der Waals surface area (Å²) >= 11 is 12.0. The molecule has 0 aliphatic carbocycles. The lowest BCUT2D eigenvalue weighted by Crippen LogP contribution is -2.60. The highest BCUT2D eigenvalue weighted by Gasteiger charge is 2.41. The Morgan fingerprint density at radius 1 is 1.09 bits per heavy atom. The number of nitrogens with one attached hydrogen (secondary N) is 1. The molecular formula is C22H26Cl2N2O5S. The molecular weight excluding hydrogens is 475 g/mol. The zero-order valence-electron chi connectivity index (χ0n) is 17.7. The lowest BCUT2D eigenvalue weighted by molar-refractivity contribution is -0.150. The van der Waals surface area contributed by atoms with Crippen LogP contribution >= 0.6 is 23.2 Å². The number of nitrogens with zero attached hydrogens (tertiary/aromatic N) is 1. The fourth-order valence-electron chi connectivity index (χ4n) is 3.60. The van der Waals surface area contributed by atoms with E-state index in [1.807, 2.05) is 4.90 Å². The van der Waals surface area contributed by atoms with E-state index >= 15 is 0 Å². The zero-order chi connectivity index (χ0) is 23.4. The highest BCUT2D eigenvalue weighted by Crippen LogP contribution is 2.24. The van der Waals surface area contributed by atoms with Crippen LogP contribution in [0.3, 0.4) is 0 Å². The number of rotatable bonds is 9. The monoisotopic (exact) mass is 500 g/mol. The van der Waals surface area contributed by atoms with E-state index in [2.05, 4.69) is 4.72 Å². The van der Waals surface area contributed by atoms with Crippen molar-refractivity contribution in [1.82, 2.24) is 9.62 Å². The molecule has 7 nitrogen and oxygen atoms in total. The van der Waals surface area contributed by atoms with Gasteiger partial charge >= 0.3 is 5.97 Å². The average molecular weight is 501 g/mol. The highest BCUT2D eigenvalue weighted by molar-refractivity contribution is 7.89. The summed E-state index contributed by atoms with van der Waals surface area (Å²) in [5, 5.41) is 10.8. The van der Waals surface area contributed by atoms with Gasteiger partial charge in [-0.1, -0.05) is 29.6 Å². The zero-order valence-corrected chi connectivity index (χ0v) is 20.0. The SMILES string of the molecule is C[C@](CNS(=O)(=O)c1ccc(OCc2cc(Cl)cc(Cl)c2)cc1)(C(=O)O)N1CCCCC1. The number of likely N-dealkylation sites (tertiary alicyclic amines) is 1. The van der Waals surface area contributed by atoms with Crippen LogP contribution in [0.2, 0.25) is 10.0 Å². The molecule has 1 aliphatic rings. The van der Waals surface area contributed by atoms with Crippen molar-refractivity contribution in [3.63, 3.8) is 0 Å². The number of sulfonamides is 1. The number of halogens is 2. The fourth-order valence-corrected chi connectivity index (χ4v) is 5.31. The van der Waals surface area contributed by atoms with Crippen molar-refractivity contribution in [3.8, 4) is 5.75 Å². The standard InChI is InChI=1S/C22H26Cl2N2O5S/c1-22(21(27)28,26-9-3-2-4-10-26)15-25-32(29,30)20-7-5-19(6-8-20)31-14-16-11-17(23)13-18(24)12-16/h5-8,11-13,25H,2-4,9-10,14-15H2,1H3,(H,27,28)/t22-/m0/s1. The highest BCUT2D eigenvalue weighted by atomic mass is 35.5. The molecule has 32 heavy (non-hydrogen) atoms. The number of hydrogen-bond donors (Lipinski definition) is 2. The third-order valence-corrected chi connectivity index (χ3v) is 7.44. The minimum Gasteiger partial charge on any atom is -0.489 e. The molecule has 1 aliphatic heterocycles. The normalized spacial score (nSPS) is 17.0. The molecule has 3 rings (SSSR count). The molecule has 174 valence electrons. The number of carboxylic acid groups (broad SMARTS) is 1. The first-order chi connectivity index (χ1) is 15.1. The Hall–Kier alpha value is -1.84. The third-order valence-electron chi connectivity index (χ3n) is 5.58. The number of hydrogen-bond acceptors (Lipinski definition) is 5. The molecule has 0 aromatic heterocycles. The Morgan fingerprint density at radius 2 is 1.69 bits per heavy atom. The van der Waals surface area contributed by atoms with Crippen molar-refractivity contribution in [2.24, 2.45) is 0 Å². The number of benzene rings is 2. The van der Waals surface area contributed by atoms with Crippen molar-refractivity contribution in [2.45, 2.75) is 43.2 Å². The predicted molar refractivity (Wildman–Crippen MR) is 124 cm³/mol. The molecule has 0 saturated carbocycles. The number of ether oxygens (including phenoxy) is 1. The van der Waals surface area contributed by atoms with Crippen molar-refractivity contribution >= 4 is 39.2 Å². The second-order valence-corrected chi connectivity index (χ2v) is 10.6. The van der Waals surface area contributed by atoms with E-state index in [9.17, 15) is 18.3 Å². The fraction of sp³-hybridized carbons (Fsp3) is 0.409. The second kappa shape index (κ2) is 10.4. The van der Waals surface area contributed by atoms with Gasteiger partial charge in [0.2, 0.25) is 10.0 Å². The maximum Gasteiger partial charge on any atom is 0.325 e. The van der Waals surface area contributed by atoms with Crippen LogP contribution in [0.15, 0.2) is 47.4 Å². The minimum absolute atomic E-state index is 0.0297.